The molecule has 29 heavy (non-hydrogen) atoms. The molecule has 0 fully saturated rings. The van der Waals surface area contributed by atoms with E-state index in [1.54, 1.807) is 35.2 Å². The predicted molar refractivity (Wildman–Crippen MR) is 109 cm³/mol. The van der Waals surface area contributed by atoms with Gasteiger partial charge in [0.15, 0.2) is 16.7 Å². The van der Waals surface area contributed by atoms with Crippen LogP contribution in [-0.2, 0) is 6.54 Å². The number of halogens is 2. The molecule has 6 nitrogen and oxygen atoms in total. The fourth-order valence-electron chi connectivity index (χ4n) is 3.59. The number of nitrogens with zero attached hydrogens (tertiary/aromatic N) is 5. The van der Waals surface area contributed by atoms with Crippen LogP contribution in [0.25, 0.3) is 21.0 Å². The van der Waals surface area contributed by atoms with Crippen molar-refractivity contribution in [3.05, 3.63) is 64.7 Å². The summed E-state index contributed by atoms with van der Waals surface area (Å²) in [4.78, 5) is 19.1. The first-order chi connectivity index (χ1) is 14.0. The van der Waals surface area contributed by atoms with Crippen LogP contribution in [0.2, 0.25) is 5.02 Å². The quantitative estimate of drug-likeness (QED) is 0.470. The Kier molecular flexibility index (Phi) is 4.33. The lowest BCUT2D eigenvalue weighted by Gasteiger charge is -2.33. The highest BCUT2D eigenvalue weighted by Crippen LogP contribution is 2.34. The fraction of sp³-hybridized carbons (Fsp3) is 0.200. The molecule has 0 spiro atoms. The molecule has 0 unspecified atom stereocenters. The van der Waals surface area contributed by atoms with Crippen molar-refractivity contribution in [2.75, 3.05) is 6.54 Å². The lowest BCUT2D eigenvalue weighted by atomic mass is 10.1. The van der Waals surface area contributed by atoms with Gasteiger partial charge in [-0.2, -0.15) is 0 Å². The van der Waals surface area contributed by atoms with Crippen molar-refractivity contribution in [2.45, 2.75) is 19.5 Å². The minimum absolute atomic E-state index is 0.0768. The summed E-state index contributed by atoms with van der Waals surface area (Å²) in [5.74, 6) is 0.864. The molecule has 2 aromatic carbocycles. The van der Waals surface area contributed by atoms with Gasteiger partial charge >= 0.3 is 0 Å². The first-order valence-corrected chi connectivity index (χ1v) is 10.3. The van der Waals surface area contributed by atoms with Crippen molar-refractivity contribution in [3.8, 4) is 10.8 Å². The van der Waals surface area contributed by atoms with E-state index >= 15 is 0 Å². The summed E-state index contributed by atoms with van der Waals surface area (Å²) in [5, 5.41) is 9.83. The topological polar surface area (TPSA) is 63.9 Å². The Labute approximate surface area is 174 Å². The van der Waals surface area contributed by atoms with Crippen LogP contribution in [0.3, 0.4) is 0 Å². The summed E-state index contributed by atoms with van der Waals surface area (Å²) in [6.45, 7) is 2.98. The molecule has 0 saturated carbocycles. The summed E-state index contributed by atoms with van der Waals surface area (Å²) in [6, 6.07) is 11.5. The third kappa shape index (κ3) is 2.99. The number of thiazole rings is 1. The van der Waals surface area contributed by atoms with Crippen molar-refractivity contribution < 1.29 is 9.18 Å². The van der Waals surface area contributed by atoms with Crippen LogP contribution in [0.15, 0.2) is 42.5 Å². The number of hydrogen-bond acceptors (Lipinski definition) is 5. The van der Waals surface area contributed by atoms with Gasteiger partial charge in [-0.15, -0.1) is 21.5 Å². The number of fused-ring (bicyclic) bond motifs is 2. The van der Waals surface area contributed by atoms with Crippen LogP contribution in [0, 0.1) is 5.82 Å². The maximum atomic E-state index is 14.0. The summed E-state index contributed by atoms with van der Waals surface area (Å²) in [5.41, 5.74) is 0.921. The van der Waals surface area contributed by atoms with Crippen LogP contribution in [0.1, 0.15) is 29.1 Å². The SMILES string of the molecule is C[C@@H]1c2nnc(-c3nc4c(F)cccc4s3)n2CCN1C(=O)c1ccc(Cl)cc1. The molecule has 0 radical (unpaired) electrons. The largest absolute Gasteiger partial charge is 0.327 e. The Bertz CT molecular complexity index is 1240. The lowest BCUT2D eigenvalue weighted by molar-refractivity contribution is 0.0638. The van der Waals surface area contributed by atoms with Gasteiger partial charge in [-0.05, 0) is 43.3 Å². The second-order valence-corrected chi connectivity index (χ2v) is 8.29. The molecule has 0 bridgehead atoms. The zero-order valence-corrected chi connectivity index (χ0v) is 16.9. The van der Waals surface area contributed by atoms with E-state index in [1.165, 1.54) is 17.4 Å². The summed E-state index contributed by atoms with van der Waals surface area (Å²) >= 11 is 7.30. The molecule has 9 heteroatoms. The zero-order valence-electron chi connectivity index (χ0n) is 15.3. The van der Waals surface area contributed by atoms with Gasteiger partial charge in [0.1, 0.15) is 11.3 Å². The number of hydrogen-bond donors (Lipinski definition) is 0. The predicted octanol–water partition coefficient (Wildman–Crippen LogP) is 4.56. The van der Waals surface area contributed by atoms with Gasteiger partial charge in [-0.25, -0.2) is 9.37 Å². The minimum Gasteiger partial charge on any atom is -0.327 e. The Balaban J connectivity index is 1.48. The molecule has 146 valence electrons. The number of aromatic nitrogens is 4. The molecule has 5 rings (SSSR count). The zero-order chi connectivity index (χ0) is 20.1. The van der Waals surface area contributed by atoms with E-state index in [2.05, 4.69) is 15.2 Å². The first-order valence-electron chi connectivity index (χ1n) is 9.08. The van der Waals surface area contributed by atoms with E-state index < -0.39 is 0 Å². The monoisotopic (exact) mass is 427 g/mol. The molecule has 1 aliphatic heterocycles. The molecule has 1 aliphatic rings. The average Bonchev–Trinajstić information content (AvgIpc) is 3.33. The molecular formula is C20H15ClFN5OS. The van der Waals surface area contributed by atoms with E-state index in [9.17, 15) is 9.18 Å². The maximum absolute atomic E-state index is 14.0. The Morgan fingerprint density at radius 3 is 2.72 bits per heavy atom. The van der Waals surface area contributed by atoms with Crippen LogP contribution in [0.5, 0.6) is 0 Å². The summed E-state index contributed by atoms with van der Waals surface area (Å²) < 4.78 is 16.7. The van der Waals surface area contributed by atoms with Gasteiger partial charge in [0.2, 0.25) is 0 Å². The van der Waals surface area contributed by atoms with E-state index in [0.29, 0.717) is 45.8 Å². The van der Waals surface area contributed by atoms with Crippen molar-refractivity contribution in [1.29, 1.82) is 0 Å². The van der Waals surface area contributed by atoms with Gasteiger partial charge in [0, 0.05) is 23.7 Å². The second kappa shape index (κ2) is 6.89. The fourth-order valence-corrected chi connectivity index (χ4v) is 4.69. The van der Waals surface area contributed by atoms with Crippen molar-refractivity contribution in [3.63, 3.8) is 0 Å². The number of para-hydroxylation sites is 1. The number of carbonyl (C=O) groups is 1. The molecule has 0 aliphatic carbocycles. The van der Waals surface area contributed by atoms with Crippen molar-refractivity contribution in [1.82, 2.24) is 24.6 Å². The van der Waals surface area contributed by atoms with E-state index in [1.807, 2.05) is 17.6 Å². The molecule has 0 saturated heterocycles. The van der Waals surface area contributed by atoms with Gasteiger partial charge in [-0.3, -0.25) is 4.79 Å². The smallest absolute Gasteiger partial charge is 0.254 e. The Morgan fingerprint density at radius 2 is 1.97 bits per heavy atom. The van der Waals surface area contributed by atoms with Gasteiger partial charge in [0.05, 0.1) is 10.7 Å². The molecule has 4 aromatic rings. The molecule has 1 amide bonds. The maximum Gasteiger partial charge on any atom is 0.254 e. The summed E-state index contributed by atoms with van der Waals surface area (Å²) in [6.07, 6.45) is 0. The van der Waals surface area contributed by atoms with Crippen molar-refractivity contribution in [2.24, 2.45) is 0 Å². The van der Waals surface area contributed by atoms with E-state index in [-0.39, 0.29) is 17.8 Å². The first kappa shape index (κ1) is 18.2. The van der Waals surface area contributed by atoms with Crippen molar-refractivity contribution >= 4 is 39.1 Å². The third-order valence-electron chi connectivity index (χ3n) is 5.10. The number of benzene rings is 2. The van der Waals surface area contributed by atoms with E-state index in [0.717, 1.165) is 4.70 Å². The average molecular weight is 428 g/mol. The third-order valence-corrected chi connectivity index (χ3v) is 6.37. The number of carbonyl (C=O) groups excluding carboxylic acids is 1. The van der Waals surface area contributed by atoms with E-state index in [4.69, 9.17) is 11.6 Å². The number of rotatable bonds is 2. The normalized spacial score (nSPS) is 16.2. The van der Waals surface area contributed by atoms with Gasteiger partial charge in [0.25, 0.3) is 5.91 Å². The van der Waals surface area contributed by atoms with Gasteiger partial charge < -0.3 is 9.47 Å². The lowest BCUT2D eigenvalue weighted by Crippen LogP contribution is -2.41. The highest BCUT2D eigenvalue weighted by molar-refractivity contribution is 7.21. The Hall–Kier alpha value is -2.84. The highest BCUT2D eigenvalue weighted by Gasteiger charge is 2.32. The standard InChI is InChI=1S/C20H15ClFN5OS/c1-11-17-24-25-18(19-23-16-14(22)3-2-4-15(16)29-19)27(17)10-9-26(11)20(28)12-5-7-13(21)8-6-12/h2-8,11H,9-10H2,1H3/t11-/m1/s1. The Morgan fingerprint density at radius 1 is 1.17 bits per heavy atom. The van der Waals surface area contributed by atoms with Crippen LogP contribution in [0.4, 0.5) is 4.39 Å². The molecule has 0 N–H and O–H groups in total. The van der Waals surface area contributed by atoms with Crippen LogP contribution in [-0.4, -0.2) is 37.1 Å². The molecule has 3 heterocycles. The summed E-state index contributed by atoms with van der Waals surface area (Å²) in [7, 11) is 0. The van der Waals surface area contributed by atoms with Crippen LogP contribution < -0.4 is 0 Å². The molecular weight excluding hydrogens is 413 g/mol. The number of amides is 1. The highest BCUT2D eigenvalue weighted by atomic mass is 35.5. The molecule has 2 aromatic heterocycles. The van der Waals surface area contributed by atoms with Gasteiger partial charge in [-0.1, -0.05) is 17.7 Å². The van der Waals surface area contributed by atoms with Crippen LogP contribution >= 0.6 is 22.9 Å². The second-order valence-electron chi connectivity index (χ2n) is 6.82. The minimum atomic E-state index is -0.350. The molecule has 1 atom stereocenters.